The lowest BCUT2D eigenvalue weighted by atomic mass is 9.91. The van der Waals surface area contributed by atoms with E-state index in [1.165, 1.54) is 7.11 Å². The summed E-state index contributed by atoms with van der Waals surface area (Å²) >= 11 is 0. The van der Waals surface area contributed by atoms with Crippen molar-refractivity contribution in [1.29, 1.82) is 0 Å². The molecular weight excluding hydrogens is 324 g/mol. The van der Waals surface area contributed by atoms with Crippen molar-refractivity contribution in [2.75, 3.05) is 28.4 Å². The molecule has 25 heavy (non-hydrogen) atoms. The number of ketones is 1. The van der Waals surface area contributed by atoms with Crippen LogP contribution in [0.2, 0.25) is 0 Å². The number of Topliss-reactive ketones (excluding diaryl/α,β-unsaturated/α-hetero) is 1. The second kappa shape index (κ2) is 6.55. The molecule has 6 nitrogen and oxygen atoms in total. The quantitative estimate of drug-likeness (QED) is 0.898. The molecule has 0 bridgehead atoms. The monoisotopic (exact) mass is 344 g/mol. The Labute approximate surface area is 145 Å². The molecule has 1 aliphatic carbocycles. The maximum atomic E-state index is 12.5. The Morgan fingerprint density at radius 3 is 2.00 bits per heavy atom. The van der Waals surface area contributed by atoms with E-state index in [1.54, 1.807) is 45.6 Å². The number of phenolic OH excluding ortho intramolecular Hbond substituents is 1. The SMILES string of the molecule is COc1cc(OC)c(C2CC(=O)c3cc(OC)c(O)cc32)c(OC)c1. The van der Waals surface area contributed by atoms with Gasteiger partial charge in [0, 0.05) is 35.6 Å². The Morgan fingerprint density at radius 1 is 0.880 bits per heavy atom. The van der Waals surface area contributed by atoms with E-state index in [1.807, 2.05) is 0 Å². The minimum absolute atomic E-state index is 0.00704. The van der Waals surface area contributed by atoms with Crippen molar-refractivity contribution in [3.05, 3.63) is 41.0 Å². The second-order valence-corrected chi connectivity index (χ2v) is 5.74. The number of methoxy groups -OCH3 is 4. The molecule has 0 aliphatic heterocycles. The van der Waals surface area contributed by atoms with Crippen LogP contribution in [0.1, 0.15) is 33.8 Å². The third-order valence-corrected chi connectivity index (χ3v) is 4.52. The van der Waals surface area contributed by atoms with Gasteiger partial charge in [-0.05, 0) is 17.7 Å². The molecule has 1 aliphatic rings. The van der Waals surface area contributed by atoms with E-state index in [0.717, 1.165) is 11.1 Å². The van der Waals surface area contributed by atoms with Gasteiger partial charge in [0.1, 0.15) is 17.2 Å². The number of ether oxygens (including phenoxy) is 4. The second-order valence-electron chi connectivity index (χ2n) is 5.74. The number of carbonyl (C=O) groups is 1. The smallest absolute Gasteiger partial charge is 0.164 e. The van der Waals surface area contributed by atoms with Crippen molar-refractivity contribution in [3.8, 4) is 28.7 Å². The number of hydrogen-bond acceptors (Lipinski definition) is 6. The first-order valence-electron chi connectivity index (χ1n) is 7.78. The highest BCUT2D eigenvalue weighted by Crippen LogP contribution is 2.49. The van der Waals surface area contributed by atoms with Crippen LogP contribution in [0.4, 0.5) is 0 Å². The lowest BCUT2D eigenvalue weighted by Crippen LogP contribution is -2.04. The summed E-state index contributed by atoms with van der Waals surface area (Å²) in [7, 11) is 6.13. The first-order valence-corrected chi connectivity index (χ1v) is 7.78. The predicted octanol–water partition coefficient (Wildman–Crippen LogP) is 3.14. The number of aromatic hydroxyl groups is 1. The first kappa shape index (κ1) is 17.0. The zero-order chi connectivity index (χ0) is 18.1. The normalized spacial score (nSPS) is 15.7. The van der Waals surface area contributed by atoms with Crippen molar-refractivity contribution in [2.24, 2.45) is 0 Å². The van der Waals surface area contributed by atoms with Crippen LogP contribution in [-0.4, -0.2) is 39.3 Å². The van der Waals surface area contributed by atoms with Crippen LogP contribution in [0, 0.1) is 0 Å². The minimum atomic E-state index is -0.282. The molecule has 0 fully saturated rings. The number of benzene rings is 2. The van der Waals surface area contributed by atoms with Gasteiger partial charge in [-0.1, -0.05) is 0 Å². The molecule has 1 unspecified atom stereocenters. The van der Waals surface area contributed by atoms with Crippen LogP contribution in [0.25, 0.3) is 0 Å². The Kier molecular flexibility index (Phi) is 4.44. The van der Waals surface area contributed by atoms with Gasteiger partial charge in [-0.3, -0.25) is 4.79 Å². The Morgan fingerprint density at radius 2 is 1.48 bits per heavy atom. The molecule has 0 amide bonds. The third kappa shape index (κ3) is 2.73. The Balaban J connectivity index is 2.20. The zero-order valence-electron chi connectivity index (χ0n) is 14.6. The van der Waals surface area contributed by atoms with Gasteiger partial charge in [-0.25, -0.2) is 0 Å². The molecule has 0 aromatic heterocycles. The predicted molar refractivity (Wildman–Crippen MR) is 91.5 cm³/mol. The number of rotatable bonds is 5. The van der Waals surface area contributed by atoms with Crippen molar-refractivity contribution in [1.82, 2.24) is 0 Å². The maximum absolute atomic E-state index is 12.5. The number of phenols is 1. The van der Waals surface area contributed by atoms with Crippen LogP contribution in [-0.2, 0) is 0 Å². The summed E-state index contributed by atoms with van der Waals surface area (Å²) in [4.78, 5) is 12.5. The van der Waals surface area contributed by atoms with E-state index in [0.29, 0.717) is 22.8 Å². The topological polar surface area (TPSA) is 74.2 Å². The van der Waals surface area contributed by atoms with Gasteiger partial charge in [-0.15, -0.1) is 0 Å². The number of carbonyl (C=O) groups excluding carboxylic acids is 1. The molecule has 1 atom stereocenters. The van der Waals surface area contributed by atoms with Crippen molar-refractivity contribution in [3.63, 3.8) is 0 Å². The van der Waals surface area contributed by atoms with E-state index in [2.05, 4.69) is 0 Å². The molecule has 2 aromatic carbocycles. The highest BCUT2D eigenvalue weighted by molar-refractivity contribution is 6.03. The summed E-state index contributed by atoms with van der Waals surface area (Å²) in [6.45, 7) is 0. The molecule has 6 heteroatoms. The number of hydrogen-bond donors (Lipinski definition) is 1. The van der Waals surface area contributed by atoms with Gasteiger partial charge in [0.2, 0.25) is 0 Å². The Hall–Kier alpha value is -2.89. The van der Waals surface area contributed by atoms with E-state index < -0.39 is 0 Å². The molecule has 0 spiro atoms. The maximum Gasteiger partial charge on any atom is 0.164 e. The highest BCUT2D eigenvalue weighted by atomic mass is 16.5. The fourth-order valence-electron chi connectivity index (χ4n) is 3.32. The molecule has 0 heterocycles. The van der Waals surface area contributed by atoms with Gasteiger partial charge >= 0.3 is 0 Å². The average Bonchev–Trinajstić information content (AvgIpc) is 2.94. The van der Waals surface area contributed by atoms with E-state index in [9.17, 15) is 9.90 Å². The number of fused-ring (bicyclic) bond motifs is 1. The van der Waals surface area contributed by atoms with Crippen molar-refractivity contribution >= 4 is 5.78 Å². The molecule has 2 aromatic rings. The molecule has 0 radical (unpaired) electrons. The average molecular weight is 344 g/mol. The van der Waals surface area contributed by atoms with Crippen molar-refractivity contribution in [2.45, 2.75) is 12.3 Å². The molecular formula is C19H20O6. The largest absolute Gasteiger partial charge is 0.504 e. The van der Waals surface area contributed by atoms with Crippen LogP contribution in [0.3, 0.4) is 0 Å². The van der Waals surface area contributed by atoms with Gasteiger partial charge in [0.15, 0.2) is 17.3 Å². The summed E-state index contributed by atoms with van der Waals surface area (Å²) in [5.74, 6) is 1.70. The standard InChI is InChI=1S/C19H20O6/c1-22-10-5-17(24-3)19(18(6-10)25-4)13-8-14(20)12-9-16(23-2)15(21)7-11(12)13/h5-7,9,13,21H,8H2,1-4H3. The van der Waals surface area contributed by atoms with Gasteiger partial charge in [0.25, 0.3) is 0 Å². The minimum Gasteiger partial charge on any atom is -0.504 e. The molecule has 0 saturated heterocycles. The summed E-state index contributed by atoms with van der Waals surface area (Å²) < 4.78 is 21.4. The van der Waals surface area contributed by atoms with Crippen LogP contribution in [0.5, 0.6) is 28.7 Å². The van der Waals surface area contributed by atoms with E-state index >= 15 is 0 Å². The van der Waals surface area contributed by atoms with Gasteiger partial charge in [0.05, 0.1) is 28.4 Å². The molecule has 0 saturated carbocycles. The summed E-state index contributed by atoms with van der Waals surface area (Å²) in [5.41, 5.74) is 2.02. The van der Waals surface area contributed by atoms with Crippen molar-refractivity contribution < 1.29 is 28.8 Å². The fourth-order valence-corrected chi connectivity index (χ4v) is 3.32. The third-order valence-electron chi connectivity index (χ3n) is 4.52. The molecule has 132 valence electrons. The zero-order valence-corrected chi connectivity index (χ0v) is 14.6. The first-order chi connectivity index (χ1) is 12.0. The van der Waals surface area contributed by atoms with Crippen LogP contribution in [0.15, 0.2) is 24.3 Å². The van der Waals surface area contributed by atoms with E-state index in [4.69, 9.17) is 18.9 Å². The van der Waals surface area contributed by atoms with Gasteiger partial charge in [-0.2, -0.15) is 0 Å². The van der Waals surface area contributed by atoms with E-state index in [-0.39, 0.29) is 29.6 Å². The lowest BCUT2D eigenvalue weighted by molar-refractivity contribution is 0.0991. The summed E-state index contributed by atoms with van der Waals surface area (Å²) in [6, 6.07) is 6.66. The van der Waals surface area contributed by atoms with Crippen LogP contribution < -0.4 is 18.9 Å². The van der Waals surface area contributed by atoms with Crippen LogP contribution >= 0.6 is 0 Å². The summed E-state index contributed by atoms with van der Waals surface area (Å²) in [5, 5.41) is 10.1. The van der Waals surface area contributed by atoms with Gasteiger partial charge < -0.3 is 24.1 Å². The molecule has 3 rings (SSSR count). The summed E-state index contributed by atoms with van der Waals surface area (Å²) in [6.07, 6.45) is 0.265. The molecule has 1 N–H and O–H groups in total. The fraction of sp³-hybridized carbons (Fsp3) is 0.316. The highest BCUT2D eigenvalue weighted by Gasteiger charge is 2.36. The lowest BCUT2D eigenvalue weighted by Gasteiger charge is -2.20. The Bertz CT molecular complexity index is 802.